The second-order valence-electron chi connectivity index (χ2n) is 4.43. The van der Waals surface area contributed by atoms with Crippen molar-refractivity contribution in [3.63, 3.8) is 0 Å². The molecular weight excluding hydrogens is 232 g/mol. The van der Waals surface area contributed by atoms with Gasteiger partial charge in [-0.05, 0) is 25.1 Å². The van der Waals surface area contributed by atoms with E-state index in [2.05, 4.69) is 5.32 Å². The lowest BCUT2D eigenvalue weighted by Crippen LogP contribution is -2.24. The van der Waals surface area contributed by atoms with E-state index >= 15 is 0 Å². The molecular formula is C13H16N2O3. The number of imide groups is 1. The van der Waals surface area contributed by atoms with Crippen molar-refractivity contribution in [3.8, 4) is 0 Å². The minimum Gasteiger partial charge on any atom is -0.383 e. The predicted octanol–water partition coefficient (Wildman–Crippen LogP) is 1.36. The maximum atomic E-state index is 11.8. The van der Waals surface area contributed by atoms with Crippen LogP contribution in [0, 0.1) is 0 Å². The van der Waals surface area contributed by atoms with E-state index in [1.165, 1.54) is 7.05 Å². The smallest absolute Gasteiger partial charge is 0.261 e. The van der Waals surface area contributed by atoms with Crippen molar-refractivity contribution in [2.24, 2.45) is 0 Å². The number of amides is 2. The molecule has 18 heavy (non-hydrogen) atoms. The second kappa shape index (κ2) is 4.78. The number of fused-ring (bicyclic) bond motifs is 1. The van der Waals surface area contributed by atoms with Gasteiger partial charge in [0.25, 0.3) is 11.8 Å². The van der Waals surface area contributed by atoms with Gasteiger partial charge in [-0.15, -0.1) is 0 Å². The fourth-order valence-electron chi connectivity index (χ4n) is 2.03. The SMILES string of the molecule is COCC(C)Nc1ccc2c(c1)C(=O)N(C)C2=O. The third-order valence-electron chi connectivity index (χ3n) is 2.92. The largest absolute Gasteiger partial charge is 0.383 e. The molecule has 1 aliphatic rings. The molecule has 1 aromatic carbocycles. The van der Waals surface area contributed by atoms with Gasteiger partial charge >= 0.3 is 0 Å². The Kier molecular flexibility index (Phi) is 3.34. The van der Waals surface area contributed by atoms with Crippen LogP contribution in [-0.2, 0) is 4.74 Å². The zero-order chi connectivity index (χ0) is 13.3. The molecule has 1 atom stereocenters. The molecule has 0 radical (unpaired) electrons. The molecule has 1 aliphatic heterocycles. The van der Waals surface area contributed by atoms with Crippen molar-refractivity contribution in [2.45, 2.75) is 13.0 Å². The summed E-state index contributed by atoms with van der Waals surface area (Å²) in [4.78, 5) is 24.7. The van der Waals surface area contributed by atoms with E-state index in [1.54, 1.807) is 25.3 Å². The Morgan fingerprint density at radius 2 is 1.94 bits per heavy atom. The molecule has 0 aromatic heterocycles. The molecule has 2 amide bonds. The summed E-state index contributed by atoms with van der Waals surface area (Å²) in [6, 6.07) is 5.33. The van der Waals surface area contributed by atoms with Crippen molar-refractivity contribution in [1.82, 2.24) is 4.90 Å². The van der Waals surface area contributed by atoms with Crippen molar-refractivity contribution in [1.29, 1.82) is 0 Å². The maximum absolute atomic E-state index is 11.8. The van der Waals surface area contributed by atoms with Gasteiger partial charge in [-0.2, -0.15) is 0 Å². The Labute approximate surface area is 106 Å². The highest BCUT2D eigenvalue weighted by Gasteiger charge is 2.32. The van der Waals surface area contributed by atoms with Crippen LogP contribution in [0.3, 0.4) is 0 Å². The summed E-state index contributed by atoms with van der Waals surface area (Å²) in [5, 5.41) is 3.22. The molecule has 0 fully saturated rings. The molecule has 5 heteroatoms. The van der Waals surface area contributed by atoms with Crippen LogP contribution in [0.5, 0.6) is 0 Å². The summed E-state index contributed by atoms with van der Waals surface area (Å²) in [7, 11) is 3.13. The van der Waals surface area contributed by atoms with Crippen molar-refractivity contribution >= 4 is 17.5 Å². The van der Waals surface area contributed by atoms with E-state index < -0.39 is 0 Å². The fraction of sp³-hybridized carbons (Fsp3) is 0.385. The van der Waals surface area contributed by atoms with Gasteiger partial charge in [-0.25, -0.2) is 0 Å². The first-order valence-electron chi connectivity index (χ1n) is 5.76. The number of nitrogens with zero attached hydrogens (tertiary/aromatic N) is 1. The van der Waals surface area contributed by atoms with E-state index in [4.69, 9.17) is 4.74 Å². The van der Waals surface area contributed by atoms with E-state index in [0.29, 0.717) is 17.7 Å². The zero-order valence-electron chi connectivity index (χ0n) is 10.7. The van der Waals surface area contributed by atoms with Crippen LogP contribution in [0.4, 0.5) is 5.69 Å². The summed E-state index contributed by atoms with van der Waals surface area (Å²) in [6.45, 7) is 2.56. The number of hydrogen-bond acceptors (Lipinski definition) is 4. The summed E-state index contributed by atoms with van der Waals surface area (Å²) >= 11 is 0. The molecule has 0 saturated carbocycles. The summed E-state index contributed by atoms with van der Waals surface area (Å²) in [5.74, 6) is -0.496. The molecule has 1 aromatic rings. The van der Waals surface area contributed by atoms with Gasteiger partial charge in [0.2, 0.25) is 0 Å². The highest BCUT2D eigenvalue weighted by molar-refractivity contribution is 6.21. The first kappa shape index (κ1) is 12.6. The molecule has 0 bridgehead atoms. The Bertz CT molecular complexity index is 499. The topological polar surface area (TPSA) is 58.6 Å². The molecule has 96 valence electrons. The van der Waals surface area contributed by atoms with Gasteiger partial charge in [0.05, 0.1) is 17.7 Å². The van der Waals surface area contributed by atoms with Crippen molar-refractivity contribution in [3.05, 3.63) is 29.3 Å². The van der Waals surface area contributed by atoms with Crippen LogP contribution in [0.15, 0.2) is 18.2 Å². The Hall–Kier alpha value is -1.88. The minimum atomic E-state index is -0.252. The Morgan fingerprint density at radius 3 is 2.61 bits per heavy atom. The van der Waals surface area contributed by atoms with Crippen LogP contribution < -0.4 is 5.32 Å². The second-order valence-corrected chi connectivity index (χ2v) is 4.43. The van der Waals surface area contributed by atoms with E-state index in [-0.39, 0.29) is 17.9 Å². The first-order chi connectivity index (χ1) is 8.54. The highest BCUT2D eigenvalue weighted by Crippen LogP contribution is 2.24. The number of carbonyl (C=O) groups excluding carboxylic acids is 2. The number of benzene rings is 1. The lowest BCUT2D eigenvalue weighted by atomic mass is 10.1. The number of carbonyl (C=O) groups is 2. The Balaban J connectivity index is 2.24. The van der Waals surface area contributed by atoms with Crippen LogP contribution >= 0.6 is 0 Å². The molecule has 2 rings (SSSR count). The summed E-state index contributed by atoms with van der Waals surface area (Å²) in [5.41, 5.74) is 1.74. The molecule has 0 spiro atoms. The standard InChI is InChI=1S/C13H16N2O3/c1-8(7-18-3)14-9-4-5-10-11(6-9)13(17)15(2)12(10)16/h4-6,8,14H,7H2,1-3H3. The van der Waals surface area contributed by atoms with E-state index in [0.717, 1.165) is 10.6 Å². The zero-order valence-corrected chi connectivity index (χ0v) is 10.7. The van der Waals surface area contributed by atoms with Crippen LogP contribution in [0.1, 0.15) is 27.6 Å². The monoisotopic (exact) mass is 248 g/mol. The normalized spacial score (nSPS) is 15.8. The highest BCUT2D eigenvalue weighted by atomic mass is 16.5. The van der Waals surface area contributed by atoms with Gasteiger partial charge in [0.1, 0.15) is 0 Å². The predicted molar refractivity (Wildman–Crippen MR) is 67.8 cm³/mol. The van der Waals surface area contributed by atoms with Gasteiger partial charge < -0.3 is 10.1 Å². The van der Waals surface area contributed by atoms with Crippen LogP contribution in [-0.4, -0.2) is 43.5 Å². The number of ether oxygens (including phenoxy) is 1. The number of methoxy groups -OCH3 is 1. The van der Waals surface area contributed by atoms with Gasteiger partial charge in [0, 0.05) is 25.9 Å². The molecule has 0 aliphatic carbocycles. The third-order valence-corrected chi connectivity index (χ3v) is 2.92. The quantitative estimate of drug-likeness (QED) is 0.817. The molecule has 5 nitrogen and oxygen atoms in total. The minimum absolute atomic E-state index is 0.137. The Morgan fingerprint density at radius 1 is 1.28 bits per heavy atom. The number of hydrogen-bond donors (Lipinski definition) is 1. The molecule has 1 unspecified atom stereocenters. The average Bonchev–Trinajstić information content (AvgIpc) is 2.55. The summed E-state index contributed by atoms with van der Waals surface area (Å²) in [6.07, 6.45) is 0. The van der Waals surface area contributed by atoms with Gasteiger partial charge in [-0.1, -0.05) is 0 Å². The lowest BCUT2D eigenvalue weighted by Gasteiger charge is -2.14. The maximum Gasteiger partial charge on any atom is 0.261 e. The molecule has 1 N–H and O–H groups in total. The van der Waals surface area contributed by atoms with Gasteiger partial charge in [-0.3, -0.25) is 14.5 Å². The van der Waals surface area contributed by atoms with Gasteiger partial charge in [0.15, 0.2) is 0 Å². The molecule has 1 heterocycles. The molecule has 0 saturated heterocycles. The number of anilines is 1. The summed E-state index contributed by atoms with van der Waals surface area (Å²) < 4.78 is 5.03. The third kappa shape index (κ3) is 2.09. The van der Waals surface area contributed by atoms with Crippen molar-refractivity contribution in [2.75, 3.05) is 26.1 Å². The fourth-order valence-corrected chi connectivity index (χ4v) is 2.03. The first-order valence-corrected chi connectivity index (χ1v) is 5.76. The van der Waals surface area contributed by atoms with Crippen molar-refractivity contribution < 1.29 is 14.3 Å². The van der Waals surface area contributed by atoms with Crippen LogP contribution in [0.2, 0.25) is 0 Å². The number of nitrogens with one attached hydrogen (secondary N) is 1. The average molecular weight is 248 g/mol. The van der Waals surface area contributed by atoms with Crippen LogP contribution in [0.25, 0.3) is 0 Å². The van der Waals surface area contributed by atoms with E-state index in [1.807, 2.05) is 6.92 Å². The number of rotatable bonds is 4. The lowest BCUT2D eigenvalue weighted by molar-refractivity contribution is 0.0693. The van der Waals surface area contributed by atoms with E-state index in [9.17, 15) is 9.59 Å².